The van der Waals surface area contributed by atoms with E-state index >= 15 is 0 Å². The zero-order chi connectivity index (χ0) is 23.4. The van der Waals surface area contributed by atoms with E-state index in [9.17, 15) is 9.59 Å². The van der Waals surface area contributed by atoms with Crippen LogP contribution in [-0.2, 0) is 23.8 Å². The van der Waals surface area contributed by atoms with Gasteiger partial charge in [-0.05, 0) is 35.4 Å². The Balaban J connectivity index is 2.00. The predicted molar refractivity (Wildman–Crippen MR) is 128 cm³/mol. The fourth-order valence-electron chi connectivity index (χ4n) is 4.31. The van der Waals surface area contributed by atoms with Crippen molar-refractivity contribution in [2.45, 2.75) is 16.2 Å². The molecule has 0 radical (unpaired) electrons. The average Bonchev–Trinajstić information content (AvgIpc) is 3.26. The van der Waals surface area contributed by atoms with Gasteiger partial charge in [-0.2, -0.15) is 0 Å². The molecule has 6 nitrogen and oxygen atoms in total. The molecule has 4 rings (SSSR count). The normalized spacial score (nSPS) is 19.1. The minimum absolute atomic E-state index is 0.446. The molecule has 0 spiro atoms. The number of rotatable bonds is 6. The molecule has 1 heterocycles. The lowest BCUT2D eigenvalue weighted by Crippen LogP contribution is -2.51. The zero-order valence-corrected chi connectivity index (χ0v) is 19.5. The lowest BCUT2D eigenvalue weighted by Gasteiger charge is -2.37. The maximum atomic E-state index is 13.5. The van der Waals surface area contributed by atoms with Gasteiger partial charge in [0.2, 0.25) is 0 Å². The lowest BCUT2D eigenvalue weighted by atomic mass is 9.83. The molecule has 1 aliphatic heterocycles. The predicted octanol–water partition coefficient (Wildman–Crippen LogP) is 4.23. The van der Waals surface area contributed by atoms with E-state index in [1.54, 1.807) is 24.1 Å². The quantitative estimate of drug-likeness (QED) is 0.507. The Labute approximate surface area is 197 Å². The summed E-state index contributed by atoms with van der Waals surface area (Å²) in [4.78, 5) is 28.3. The number of carbonyl (C=O) groups is 2. The van der Waals surface area contributed by atoms with Crippen LogP contribution in [0.2, 0.25) is 0 Å². The Hall–Kier alpha value is -3.45. The third kappa shape index (κ3) is 3.93. The van der Waals surface area contributed by atoms with Crippen molar-refractivity contribution in [2.24, 2.45) is 0 Å². The summed E-state index contributed by atoms with van der Waals surface area (Å²) in [5.41, 5.74) is 2.46. The van der Waals surface area contributed by atoms with Gasteiger partial charge in [0.15, 0.2) is 11.4 Å². The first-order valence-corrected chi connectivity index (χ1v) is 11.3. The molecule has 0 saturated carbocycles. The van der Waals surface area contributed by atoms with Gasteiger partial charge in [-0.1, -0.05) is 60.7 Å². The molecule has 1 saturated heterocycles. The van der Waals surface area contributed by atoms with Crippen LogP contribution in [0.25, 0.3) is 0 Å². The number of ether oxygens (including phenoxy) is 3. The number of methoxy groups -OCH3 is 3. The number of carbonyl (C=O) groups excluding carboxylic acids is 2. The molecule has 0 N–H and O–H groups in total. The van der Waals surface area contributed by atoms with Crippen LogP contribution in [0.3, 0.4) is 0 Å². The second kappa shape index (κ2) is 9.58. The van der Waals surface area contributed by atoms with Crippen LogP contribution in [0.1, 0.15) is 11.1 Å². The summed E-state index contributed by atoms with van der Waals surface area (Å²) in [6, 6.07) is 25.9. The Morgan fingerprint density at radius 3 is 1.73 bits per heavy atom. The van der Waals surface area contributed by atoms with Gasteiger partial charge >= 0.3 is 11.9 Å². The summed E-state index contributed by atoms with van der Waals surface area (Å²) in [7, 11) is 4.31. The molecule has 1 aliphatic rings. The number of hydrogen-bond acceptors (Lipinski definition) is 7. The van der Waals surface area contributed by atoms with Crippen molar-refractivity contribution < 1.29 is 23.8 Å². The highest BCUT2D eigenvalue weighted by atomic mass is 32.2. The highest BCUT2D eigenvalue weighted by molar-refractivity contribution is 8.02. The van der Waals surface area contributed by atoms with Crippen molar-refractivity contribution in [3.63, 3.8) is 0 Å². The third-order valence-electron chi connectivity index (χ3n) is 5.82. The Bertz CT molecular complexity index is 1070. The summed E-state index contributed by atoms with van der Waals surface area (Å²) in [6.07, 6.45) is 0. The van der Waals surface area contributed by atoms with E-state index in [2.05, 4.69) is 0 Å². The van der Waals surface area contributed by atoms with E-state index in [1.165, 1.54) is 26.0 Å². The molecule has 0 aromatic heterocycles. The van der Waals surface area contributed by atoms with Crippen LogP contribution >= 0.6 is 11.8 Å². The van der Waals surface area contributed by atoms with Crippen LogP contribution in [-0.4, -0.2) is 44.7 Å². The fraction of sp³-hybridized carbons (Fsp3) is 0.231. The third-order valence-corrected chi connectivity index (χ3v) is 7.53. The average molecular weight is 464 g/mol. The van der Waals surface area contributed by atoms with Crippen molar-refractivity contribution in [1.82, 2.24) is 0 Å². The molecule has 0 unspecified atom stereocenters. The fourth-order valence-corrected chi connectivity index (χ4v) is 6.10. The van der Waals surface area contributed by atoms with Gasteiger partial charge in [0.25, 0.3) is 0 Å². The second-order valence-corrected chi connectivity index (χ2v) is 8.82. The first-order valence-electron chi connectivity index (χ1n) is 10.4. The monoisotopic (exact) mass is 463 g/mol. The van der Waals surface area contributed by atoms with Crippen LogP contribution in [0.5, 0.6) is 5.75 Å². The molecule has 0 aliphatic carbocycles. The van der Waals surface area contributed by atoms with E-state index < -0.39 is 28.1 Å². The highest BCUT2D eigenvalue weighted by Gasteiger charge is 2.61. The number of esters is 2. The molecule has 33 heavy (non-hydrogen) atoms. The summed E-state index contributed by atoms with van der Waals surface area (Å²) >= 11 is 1.38. The smallest absolute Gasteiger partial charge is 0.339 e. The van der Waals surface area contributed by atoms with Gasteiger partial charge < -0.3 is 19.1 Å². The number of nitrogens with zero attached hydrogens (tertiary/aromatic N) is 1. The summed E-state index contributed by atoms with van der Waals surface area (Å²) in [5.74, 6) is -0.219. The van der Waals surface area contributed by atoms with Crippen molar-refractivity contribution in [3.05, 3.63) is 96.1 Å². The summed E-state index contributed by atoms with van der Waals surface area (Å²) in [6.45, 7) is 0. The number of thioether (sulfide) groups is 1. The number of anilines is 1. The zero-order valence-electron chi connectivity index (χ0n) is 18.6. The minimum Gasteiger partial charge on any atom is -0.497 e. The van der Waals surface area contributed by atoms with Crippen LogP contribution in [0.4, 0.5) is 5.69 Å². The van der Waals surface area contributed by atoms with Gasteiger partial charge in [-0.25, -0.2) is 9.59 Å². The first-order chi connectivity index (χ1) is 16.1. The molecule has 7 heteroatoms. The highest BCUT2D eigenvalue weighted by Crippen LogP contribution is 2.57. The second-order valence-electron chi connectivity index (χ2n) is 7.49. The Morgan fingerprint density at radius 1 is 0.758 bits per heavy atom. The topological polar surface area (TPSA) is 65.1 Å². The summed E-state index contributed by atoms with van der Waals surface area (Å²) < 4.78 is 14.9. The molecule has 170 valence electrons. The van der Waals surface area contributed by atoms with Crippen LogP contribution in [0, 0.1) is 0 Å². The van der Waals surface area contributed by atoms with Gasteiger partial charge in [-0.15, -0.1) is 11.8 Å². The number of benzene rings is 3. The minimum atomic E-state index is -0.922. The van der Waals surface area contributed by atoms with E-state index in [1.807, 2.05) is 72.8 Å². The summed E-state index contributed by atoms with van der Waals surface area (Å²) in [5, 5.41) is -0.784. The van der Waals surface area contributed by atoms with Crippen LogP contribution < -0.4 is 9.64 Å². The number of hydrogen-bond donors (Lipinski definition) is 0. The van der Waals surface area contributed by atoms with Gasteiger partial charge in [0.1, 0.15) is 5.75 Å². The molecule has 2 atom stereocenters. The van der Waals surface area contributed by atoms with E-state index in [4.69, 9.17) is 14.2 Å². The van der Waals surface area contributed by atoms with E-state index in [0.717, 1.165) is 11.1 Å². The molecule has 0 amide bonds. The standard InChI is InChI=1S/C26H25NO5S/c1-30-21-16-14-20(15-17-21)27-22(24(28)31-2)26(18-10-6-4-7-11-18,19-12-8-5-9-13-19)33-23(27)25(29)32-3/h4-17,22-23H,1-3H3/t22-,23-/m1/s1. The van der Waals surface area contributed by atoms with Crippen molar-refractivity contribution in [1.29, 1.82) is 0 Å². The molecule has 3 aromatic carbocycles. The van der Waals surface area contributed by atoms with Gasteiger partial charge in [0.05, 0.1) is 26.1 Å². The Morgan fingerprint density at radius 2 is 1.27 bits per heavy atom. The SMILES string of the molecule is COC(=O)[C@H]1SC(c2ccccc2)(c2ccccc2)[C@@H](C(=O)OC)N1c1ccc(OC)cc1. The molecule has 0 bridgehead atoms. The molecular weight excluding hydrogens is 438 g/mol. The van der Waals surface area contributed by atoms with Crippen molar-refractivity contribution in [3.8, 4) is 5.75 Å². The van der Waals surface area contributed by atoms with Crippen molar-refractivity contribution >= 4 is 29.4 Å². The molecular formula is C26H25NO5S. The van der Waals surface area contributed by atoms with Crippen molar-refractivity contribution in [2.75, 3.05) is 26.2 Å². The lowest BCUT2D eigenvalue weighted by molar-refractivity contribution is -0.143. The maximum Gasteiger partial charge on any atom is 0.339 e. The van der Waals surface area contributed by atoms with E-state index in [0.29, 0.717) is 11.4 Å². The maximum absolute atomic E-state index is 13.5. The van der Waals surface area contributed by atoms with Gasteiger partial charge in [-0.3, -0.25) is 0 Å². The molecule has 3 aromatic rings. The Kier molecular flexibility index (Phi) is 6.60. The largest absolute Gasteiger partial charge is 0.497 e. The van der Waals surface area contributed by atoms with Gasteiger partial charge in [0, 0.05) is 5.69 Å². The van der Waals surface area contributed by atoms with E-state index in [-0.39, 0.29) is 0 Å². The van der Waals surface area contributed by atoms with Crippen LogP contribution in [0.15, 0.2) is 84.9 Å². The first kappa shape index (κ1) is 22.7. The molecule has 1 fully saturated rings.